The Morgan fingerprint density at radius 3 is 2.75 bits per heavy atom. The van der Waals surface area contributed by atoms with Gasteiger partial charge < -0.3 is 4.98 Å². The fraction of sp³-hybridized carbons (Fsp3) is 0.118. The summed E-state index contributed by atoms with van der Waals surface area (Å²) in [5.74, 6) is -0.332. The molecule has 0 aliphatic rings. The maximum Gasteiger partial charge on any atom is 0.157 e. The quantitative estimate of drug-likeness (QED) is 0.595. The molecule has 0 radical (unpaired) electrons. The lowest BCUT2D eigenvalue weighted by atomic mass is 10.1. The van der Waals surface area contributed by atoms with Crippen molar-refractivity contribution < 1.29 is 8.78 Å². The summed E-state index contributed by atoms with van der Waals surface area (Å²) in [6.07, 6.45) is 0.504. The third kappa shape index (κ3) is 2.90. The van der Waals surface area contributed by atoms with Crippen molar-refractivity contribution in [2.45, 2.75) is 12.6 Å². The fourth-order valence-corrected chi connectivity index (χ4v) is 3.27. The van der Waals surface area contributed by atoms with Gasteiger partial charge in [-0.2, -0.15) is 0 Å². The van der Waals surface area contributed by atoms with Crippen LogP contribution in [0.25, 0.3) is 21.6 Å². The maximum absolute atomic E-state index is 14.5. The van der Waals surface area contributed by atoms with E-state index >= 15 is 0 Å². The van der Waals surface area contributed by atoms with Gasteiger partial charge in [0.15, 0.2) is 11.2 Å². The van der Waals surface area contributed by atoms with E-state index in [1.807, 2.05) is 18.2 Å². The predicted molar refractivity (Wildman–Crippen MR) is 88.9 cm³/mol. The molecule has 0 saturated heterocycles. The molecule has 0 spiro atoms. The molecule has 0 amide bonds. The second kappa shape index (κ2) is 6.09. The summed E-state index contributed by atoms with van der Waals surface area (Å²) in [6.45, 7) is 0. The van der Waals surface area contributed by atoms with Crippen LogP contribution in [0.1, 0.15) is 16.7 Å². The van der Waals surface area contributed by atoms with Crippen molar-refractivity contribution in [3.05, 3.63) is 65.2 Å². The number of aromatic nitrogens is 4. The minimum Gasteiger partial charge on any atom is -0.345 e. The molecule has 0 saturated carbocycles. The van der Waals surface area contributed by atoms with Crippen LogP contribution < -0.4 is 0 Å². The number of nitrogens with zero attached hydrogens (tertiary/aromatic N) is 3. The summed E-state index contributed by atoms with van der Waals surface area (Å²) in [5.41, 5.74) is 3.33. The molecular weight excluding hydrogens is 330 g/mol. The lowest BCUT2D eigenvalue weighted by Gasteiger charge is -2.04. The van der Waals surface area contributed by atoms with Crippen molar-refractivity contribution in [3.63, 3.8) is 0 Å². The number of rotatable bonds is 4. The number of nitrogens with one attached hydrogen (secondary N) is 1. The van der Waals surface area contributed by atoms with E-state index in [0.29, 0.717) is 10.0 Å². The van der Waals surface area contributed by atoms with Crippen LogP contribution in [-0.4, -0.2) is 20.2 Å². The first-order chi connectivity index (χ1) is 11.7. The Kier molecular flexibility index (Phi) is 3.78. The Bertz CT molecular complexity index is 978. The highest BCUT2D eigenvalue weighted by Crippen LogP contribution is 2.31. The number of aromatic amines is 1. The van der Waals surface area contributed by atoms with Crippen molar-refractivity contribution in [2.75, 3.05) is 0 Å². The van der Waals surface area contributed by atoms with Gasteiger partial charge in [0.25, 0.3) is 0 Å². The zero-order valence-corrected chi connectivity index (χ0v) is 13.2. The fourth-order valence-electron chi connectivity index (χ4n) is 2.46. The van der Waals surface area contributed by atoms with Crippen LogP contribution in [0.5, 0.6) is 0 Å². The molecule has 4 rings (SSSR count). The minimum absolute atomic E-state index is 0.146. The van der Waals surface area contributed by atoms with E-state index in [4.69, 9.17) is 0 Å². The summed E-state index contributed by atoms with van der Waals surface area (Å²) in [5, 5.41) is 9.02. The number of alkyl halides is 1. The average molecular weight is 342 g/mol. The van der Waals surface area contributed by atoms with Gasteiger partial charge in [-0.25, -0.2) is 13.8 Å². The molecule has 1 unspecified atom stereocenters. The largest absolute Gasteiger partial charge is 0.345 e. The number of hydrogen-bond acceptors (Lipinski definition) is 4. The second-order valence-electron chi connectivity index (χ2n) is 5.38. The first kappa shape index (κ1) is 14.9. The zero-order chi connectivity index (χ0) is 16.5. The smallest absolute Gasteiger partial charge is 0.157 e. The van der Waals surface area contributed by atoms with Crippen LogP contribution in [0.4, 0.5) is 8.78 Å². The number of halogens is 2. The molecule has 0 fully saturated rings. The Labute approximate surface area is 140 Å². The van der Waals surface area contributed by atoms with E-state index in [9.17, 15) is 8.78 Å². The Balaban J connectivity index is 1.56. The highest BCUT2D eigenvalue weighted by molar-refractivity contribution is 7.14. The van der Waals surface area contributed by atoms with Gasteiger partial charge in [-0.15, -0.1) is 10.2 Å². The van der Waals surface area contributed by atoms with Crippen LogP contribution in [0, 0.1) is 5.82 Å². The molecule has 0 bridgehead atoms. The average Bonchev–Trinajstić information content (AvgIpc) is 3.25. The number of fused-ring (bicyclic) bond motifs is 1. The summed E-state index contributed by atoms with van der Waals surface area (Å²) in [6, 6.07) is 11.5. The highest BCUT2D eigenvalue weighted by Gasteiger charge is 2.17. The van der Waals surface area contributed by atoms with E-state index in [1.165, 1.54) is 23.5 Å². The van der Waals surface area contributed by atoms with E-state index < -0.39 is 6.17 Å². The highest BCUT2D eigenvalue weighted by atomic mass is 32.1. The Hall–Kier alpha value is -2.67. The standard InChI is InChI=1S/C17H12F2N4S/c18-12-4-1-10(2-5-12)7-13(19)17-23-22-16(24-17)11-3-6-14-15(8-11)21-9-20-14/h1-6,8-9,13H,7H2,(H,20,21). The molecule has 120 valence electrons. The molecule has 1 N–H and O–H groups in total. The molecule has 4 nitrogen and oxygen atoms in total. The van der Waals surface area contributed by atoms with Gasteiger partial charge in [0.05, 0.1) is 17.4 Å². The first-order valence-electron chi connectivity index (χ1n) is 7.34. The summed E-state index contributed by atoms with van der Waals surface area (Å²) < 4.78 is 27.4. The van der Waals surface area contributed by atoms with E-state index in [-0.39, 0.29) is 12.2 Å². The molecule has 1 atom stereocenters. The maximum atomic E-state index is 14.5. The molecular formula is C17H12F2N4S. The normalized spacial score (nSPS) is 12.6. The predicted octanol–water partition coefficient (Wildman–Crippen LogP) is 4.47. The van der Waals surface area contributed by atoms with Gasteiger partial charge >= 0.3 is 0 Å². The van der Waals surface area contributed by atoms with Crippen LogP contribution in [0.15, 0.2) is 48.8 Å². The van der Waals surface area contributed by atoms with E-state index in [2.05, 4.69) is 20.2 Å². The summed E-state index contributed by atoms with van der Waals surface area (Å²) in [7, 11) is 0. The molecule has 7 heteroatoms. The van der Waals surface area contributed by atoms with Gasteiger partial charge in [0, 0.05) is 12.0 Å². The van der Waals surface area contributed by atoms with Gasteiger partial charge in [0.1, 0.15) is 10.8 Å². The Morgan fingerprint density at radius 1 is 1.08 bits per heavy atom. The van der Waals surface area contributed by atoms with Gasteiger partial charge in [0.2, 0.25) is 0 Å². The first-order valence-corrected chi connectivity index (χ1v) is 8.16. The molecule has 0 aliphatic heterocycles. The van der Waals surface area contributed by atoms with Gasteiger partial charge in [-0.1, -0.05) is 23.5 Å². The van der Waals surface area contributed by atoms with Crippen molar-refractivity contribution in [2.24, 2.45) is 0 Å². The topological polar surface area (TPSA) is 54.5 Å². The van der Waals surface area contributed by atoms with E-state index in [1.54, 1.807) is 18.5 Å². The monoisotopic (exact) mass is 342 g/mol. The molecule has 24 heavy (non-hydrogen) atoms. The number of imidazole rings is 1. The summed E-state index contributed by atoms with van der Waals surface area (Å²) >= 11 is 1.22. The zero-order valence-electron chi connectivity index (χ0n) is 12.4. The molecule has 4 aromatic rings. The van der Waals surface area contributed by atoms with Crippen molar-refractivity contribution >= 4 is 22.4 Å². The van der Waals surface area contributed by atoms with Gasteiger partial charge in [-0.05, 0) is 35.9 Å². The summed E-state index contributed by atoms with van der Waals surface area (Å²) in [4.78, 5) is 7.23. The van der Waals surface area contributed by atoms with Crippen LogP contribution in [0.3, 0.4) is 0 Å². The van der Waals surface area contributed by atoms with Crippen LogP contribution in [-0.2, 0) is 6.42 Å². The lowest BCUT2D eigenvalue weighted by Crippen LogP contribution is -1.96. The Morgan fingerprint density at radius 2 is 1.92 bits per heavy atom. The van der Waals surface area contributed by atoms with Crippen molar-refractivity contribution in [1.29, 1.82) is 0 Å². The third-order valence-corrected chi connectivity index (χ3v) is 4.76. The van der Waals surface area contributed by atoms with Crippen LogP contribution >= 0.6 is 11.3 Å². The number of H-pyrrole nitrogens is 1. The minimum atomic E-state index is -1.27. The van der Waals surface area contributed by atoms with Crippen molar-refractivity contribution in [1.82, 2.24) is 20.2 Å². The number of benzene rings is 2. The van der Waals surface area contributed by atoms with Crippen molar-refractivity contribution in [3.8, 4) is 10.6 Å². The van der Waals surface area contributed by atoms with Crippen LogP contribution in [0.2, 0.25) is 0 Å². The molecule has 2 aromatic carbocycles. The second-order valence-corrected chi connectivity index (χ2v) is 6.39. The molecule has 0 aliphatic carbocycles. The molecule has 2 aromatic heterocycles. The molecule has 2 heterocycles. The van der Waals surface area contributed by atoms with E-state index in [0.717, 1.165) is 22.2 Å². The SMILES string of the molecule is Fc1ccc(CC(F)c2nnc(-c3ccc4[nH]cnc4c3)s2)cc1. The third-order valence-electron chi connectivity index (χ3n) is 3.71. The lowest BCUT2D eigenvalue weighted by molar-refractivity contribution is 0.339. The van der Waals surface area contributed by atoms with Gasteiger partial charge in [-0.3, -0.25) is 0 Å². The number of hydrogen-bond donors (Lipinski definition) is 1.